The molecule has 29 heavy (non-hydrogen) atoms. The van der Waals surface area contributed by atoms with Crippen LogP contribution in [0.5, 0.6) is 0 Å². The third kappa shape index (κ3) is 3.27. The first-order valence-electron chi connectivity index (χ1n) is 9.36. The zero-order valence-corrected chi connectivity index (χ0v) is 16.6. The lowest BCUT2D eigenvalue weighted by Gasteiger charge is -2.07. The minimum absolute atomic E-state index is 0.145. The van der Waals surface area contributed by atoms with Crippen LogP contribution in [0.2, 0.25) is 0 Å². The summed E-state index contributed by atoms with van der Waals surface area (Å²) in [5.41, 5.74) is 4.87. The van der Waals surface area contributed by atoms with E-state index < -0.39 is 0 Å². The Balaban J connectivity index is 1.35. The van der Waals surface area contributed by atoms with Crippen LogP contribution in [0.25, 0.3) is 21.7 Å². The van der Waals surface area contributed by atoms with Gasteiger partial charge in [-0.2, -0.15) is 4.52 Å². The second-order valence-electron chi connectivity index (χ2n) is 6.66. The van der Waals surface area contributed by atoms with Crippen molar-refractivity contribution in [1.29, 1.82) is 0 Å². The smallest absolute Gasteiger partial charge is 0.275 e. The highest BCUT2D eigenvalue weighted by Crippen LogP contribution is 2.20. The van der Waals surface area contributed by atoms with E-state index in [-0.39, 0.29) is 5.56 Å². The van der Waals surface area contributed by atoms with E-state index >= 15 is 0 Å². The fourth-order valence-electron chi connectivity index (χ4n) is 3.23. The van der Waals surface area contributed by atoms with Crippen molar-refractivity contribution in [3.8, 4) is 5.69 Å². The molecule has 5 aromatic rings. The van der Waals surface area contributed by atoms with Crippen LogP contribution in [0.15, 0.2) is 65.7 Å². The van der Waals surface area contributed by atoms with Crippen LogP contribution in [0, 0.1) is 0 Å². The zero-order valence-electron chi connectivity index (χ0n) is 15.7. The number of hydrogen-bond donors (Lipinski definition) is 1. The van der Waals surface area contributed by atoms with Crippen LogP contribution in [0.3, 0.4) is 0 Å². The Hall–Kier alpha value is -3.52. The van der Waals surface area contributed by atoms with Crippen LogP contribution >= 0.6 is 11.3 Å². The molecule has 0 amide bonds. The summed E-state index contributed by atoms with van der Waals surface area (Å²) < 4.78 is 3.42. The van der Waals surface area contributed by atoms with Gasteiger partial charge in [-0.05, 0) is 36.2 Å². The first-order valence-corrected chi connectivity index (χ1v) is 10.2. The molecule has 1 N–H and O–H groups in total. The number of nitrogens with one attached hydrogen (secondary N) is 1. The van der Waals surface area contributed by atoms with E-state index in [4.69, 9.17) is 0 Å². The maximum Gasteiger partial charge on any atom is 0.275 e. The molecule has 0 atom stereocenters. The summed E-state index contributed by atoms with van der Waals surface area (Å²) in [6.07, 6.45) is 2.57. The molecule has 0 saturated heterocycles. The molecule has 144 valence electrons. The molecule has 8 heteroatoms. The third-order valence-corrected chi connectivity index (χ3v) is 5.64. The minimum Gasteiger partial charge on any atom is -0.356 e. The standard InChI is InChI=1S/C21H18N6OS/c1-2-15-11-19(28)27-21(24-15)29-20(25-27)22-12-14-7-9-16(10-8-14)26-13-23-17-5-3-4-6-18(17)26/h3-11,13H,2,12H2,1H3,(H,22,25). The maximum atomic E-state index is 12.1. The Morgan fingerprint density at radius 1 is 1.10 bits per heavy atom. The van der Waals surface area contributed by atoms with E-state index in [1.165, 1.54) is 21.9 Å². The monoisotopic (exact) mass is 402 g/mol. The topological polar surface area (TPSA) is 77.1 Å². The van der Waals surface area contributed by atoms with Crippen LogP contribution in [0.1, 0.15) is 18.2 Å². The van der Waals surface area contributed by atoms with Crippen molar-refractivity contribution in [2.45, 2.75) is 19.9 Å². The number of hydrogen-bond acceptors (Lipinski definition) is 6. The van der Waals surface area contributed by atoms with Crippen molar-refractivity contribution >= 4 is 32.5 Å². The number of nitrogens with zero attached hydrogens (tertiary/aromatic N) is 5. The van der Waals surface area contributed by atoms with Crippen molar-refractivity contribution < 1.29 is 0 Å². The van der Waals surface area contributed by atoms with Crippen molar-refractivity contribution in [3.05, 3.63) is 82.5 Å². The first-order chi connectivity index (χ1) is 14.2. The summed E-state index contributed by atoms with van der Waals surface area (Å²) in [6.45, 7) is 2.59. The molecule has 0 aliphatic rings. The lowest BCUT2D eigenvalue weighted by atomic mass is 10.2. The number of imidazole rings is 1. The van der Waals surface area contributed by atoms with E-state index in [0.717, 1.165) is 34.4 Å². The van der Waals surface area contributed by atoms with E-state index in [0.29, 0.717) is 16.6 Å². The molecule has 3 heterocycles. The summed E-state index contributed by atoms with van der Waals surface area (Å²) in [5, 5.41) is 8.29. The van der Waals surface area contributed by atoms with Gasteiger partial charge in [-0.3, -0.25) is 9.36 Å². The molecule has 5 rings (SSSR count). The Morgan fingerprint density at radius 2 is 1.93 bits per heavy atom. The zero-order chi connectivity index (χ0) is 19.8. The molecule has 3 aromatic heterocycles. The summed E-state index contributed by atoms with van der Waals surface area (Å²) in [7, 11) is 0. The average Bonchev–Trinajstić information content (AvgIpc) is 3.37. The highest BCUT2D eigenvalue weighted by Gasteiger charge is 2.09. The Kier molecular flexibility index (Phi) is 4.33. The second-order valence-corrected chi connectivity index (χ2v) is 7.62. The Morgan fingerprint density at radius 3 is 2.76 bits per heavy atom. The predicted octanol–water partition coefficient (Wildman–Crippen LogP) is 3.66. The van der Waals surface area contributed by atoms with Crippen molar-refractivity contribution in [3.63, 3.8) is 0 Å². The molecule has 0 aliphatic heterocycles. The number of fused-ring (bicyclic) bond motifs is 2. The molecule has 2 aromatic carbocycles. The fraction of sp³-hybridized carbons (Fsp3) is 0.143. The molecule has 0 fully saturated rings. The third-order valence-electron chi connectivity index (χ3n) is 4.77. The van der Waals surface area contributed by atoms with E-state index in [1.807, 2.05) is 31.5 Å². The van der Waals surface area contributed by atoms with Gasteiger partial charge in [0.1, 0.15) is 6.33 Å². The van der Waals surface area contributed by atoms with Gasteiger partial charge in [-0.25, -0.2) is 9.97 Å². The van der Waals surface area contributed by atoms with Crippen molar-refractivity contribution in [2.24, 2.45) is 0 Å². The van der Waals surface area contributed by atoms with Crippen LogP contribution in [0.4, 0.5) is 5.13 Å². The van der Waals surface area contributed by atoms with Gasteiger partial charge in [0.2, 0.25) is 10.1 Å². The Bertz CT molecular complexity index is 1370. The molecular weight excluding hydrogens is 384 g/mol. The largest absolute Gasteiger partial charge is 0.356 e. The number of benzene rings is 2. The van der Waals surface area contributed by atoms with Gasteiger partial charge in [0.25, 0.3) is 5.56 Å². The number of aromatic nitrogens is 5. The quantitative estimate of drug-likeness (QED) is 0.485. The van der Waals surface area contributed by atoms with Gasteiger partial charge in [-0.15, -0.1) is 5.10 Å². The molecule has 7 nitrogen and oxygen atoms in total. The average molecular weight is 402 g/mol. The molecule has 0 bridgehead atoms. The van der Waals surface area contributed by atoms with Crippen molar-refractivity contribution in [1.82, 2.24) is 24.1 Å². The lowest BCUT2D eigenvalue weighted by molar-refractivity contribution is 0.874. The lowest BCUT2D eigenvalue weighted by Crippen LogP contribution is -2.15. The Labute approximate surface area is 170 Å². The molecule has 0 radical (unpaired) electrons. The summed E-state index contributed by atoms with van der Waals surface area (Å²) in [5.74, 6) is 0. The van der Waals surface area contributed by atoms with Crippen LogP contribution < -0.4 is 10.9 Å². The first kappa shape index (κ1) is 17.6. The molecule has 0 aliphatic carbocycles. The van der Waals surface area contributed by atoms with E-state index in [1.54, 1.807) is 0 Å². The van der Waals surface area contributed by atoms with E-state index in [9.17, 15) is 4.79 Å². The predicted molar refractivity (Wildman–Crippen MR) is 115 cm³/mol. The van der Waals surface area contributed by atoms with Gasteiger partial charge in [0.05, 0.1) is 11.0 Å². The molecular formula is C21H18N6OS. The van der Waals surface area contributed by atoms with Crippen LogP contribution in [-0.2, 0) is 13.0 Å². The normalized spacial score (nSPS) is 11.3. The number of anilines is 1. The summed E-state index contributed by atoms with van der Waals surface area (Å²) in [6, 6.07) is 17.9. The fourth-order valence-corrected chi connectivity index (χ4v) is 4.05. The SMILES string of the molecule is CCc1cc(=O)n2nc(NCc3ccc(-n4cnc5ccccc54)cc3)sc2n1. The minimum atomic E-state index is -0.145. The second kappa shape index (κ2) is 7.14. The van der Waals surface area contributed by atoms with Gasteiger partial charge in [0.15, 0.2) is 0 Å². The summed E-state index contributed by atoms with van der Waals surface area (Å²) in [4.78, 5) is 21.6. The number of aryl methyl sites for hydroxylation is 1. The highest BCUT2D eigenvalue weighted by molar-refractivity contribution is 7.20. The number of rotatable bonds is 5. The van der Waals surface area contributed by atoms with Gasteiger partial charge < -0.3 is 5.32 Å². The van der Waals surface area contributed by atoms with E-state index in [2.05, 4.69) is 55.3 Å². The van der Waals surface area contributed by atoms with Gasteiger partial charge >= 0.3 is 0 Å². The maximum absolute atomic E-state index is 12.1. The van der Waals surface area contributed by atoms with Gasteiger partial charge in [-0.1, -0.05) is 42.5 Å². The van der Waals surface area contributed by atoms with Gasteiger partial charge in [0, 0.05) is 24.0 Å². The number of para-hydroxylation sites is 2. The van der Waals surface area contributed by atoms with Crippen LogP contribution in [-0.4, -0.2) is 24.1 Å². The molecule has 0 unspecified atom stereocenters. The molecule has 0 spiro atoms. The molecule has 0 saturated carbocycles. The summed E-state index contributed by atoms with van der Waals surface area (Å²) >= 11 is 1.38. The highest BCUT2D eigenvalue weighted by atomic mass is 32.1. The van der Waals surface area contributed by atoms with Crippen molar-refractivity contribution in [2.75, 3.05) is 5.32 Å².